The van der Waals surface area contributed by atoms with Crippen molar-refractivity contribution < 1.29 is 9.53 Å². The second-order valence-corrected chi connectivity index (χ2v) is 2.38. The summed E-state index contributed by atoms with van der Waals surface area (Å²) in [7, 11) is 4.68. The molecule has 0 aromatic rings. The summed E-state index contributed by atoms with van der Waals surface area (Å²) in [6, 6.07) is 0. The van der Waals surface area contributed by atoms with Gasteiger partial charge in [0.2, 0.25) is 0 Å². The van der Waals surface area contributed by atoms with Gasteiger partial charge < -0.3 is 4.74 Å². The highest BCUT2D eigenvalue weighted by molar-refractivity contribution is 5.69. The van der Waals surface area contributed by atoms with Crippen LogP contribution >= 0.6 is 0 Å². The molecule has 0 aliphatic carbocycles. The van der Waals surface area contributed by atoms with Crippen molar-refractivity contribution in [2.45, 2.75) is 33.1 Å². The van der Waals surface area contributed by atoms with Crippen LogP contribution in [0.25, 0.3) is 0 Å². The van der Waals surface area contributed by atoms with Crippen LogP contribution in [0.15, 0.2) is 0 Å². The molecule has 10 heavy (non-hydrogen) atoms. The predicted octanol–water partition coefficient (Wildman–Crippen LogP) is 2.02. The van der Waals surface area contributed by atoms with Gasteiger partial charge in [-0.25, -0.2) is 0 Å². The lowest BCUT2D eigenvalue weighted by atomic mass is 10.00. The van der Waals surface area contributed by atoms with Crippen LogP contribution in [0.4, 0.5) is 0 Å². The Morgan fingerprint density at radius 3 is 2.30 bits per heavy atom. The second-order valence-electron chi connectivity index (χ2n) is 2.38. The Bertz CT molecular complexity index is 95.4. The summed E-state index contributed by atoms with van der Waals surface area (Å²) in [5, 5.41) is 0. The fourth-order valence-corrected chi connectivity index (χ4v) is 0.861. The molecule has 0 aromatic carbocycles. The summed E-state index contributed by atoms with van der Waals surface area (Å²) in [6.07, 6.45) is 2.46. The van der Waals surface area contributed by atoms with E-state index in [1.54, 1.807) is 0 Å². The number of ether oxygens (including phenoxy) is 1. The zero-order chi connectivity index (χ0) is 7.98. The Balaban J connectivity index is 3.52. The maximum Gasteiger partial charge on any atom is 0.306 e. The quantitative estimate of drug-likeness (QED) is 0.561. The summed E-state index contributed by atoms with van der Waals surface area (Å²) in [6.45, 7) is 4.11. The number of carbonyl (C=O) groups is 1. The topological polar surface area (TPSA) is 26.3 Å². The zero-order valence-electron chi connectivity index (χ0n) is 6.59. The molecule has 0 spiro atoms. The Morgan fingerprint density at radius 1 is 1.50 bits per heavy atom. The standard InChI is InChI=1S/C8H14O2/c1-4-7(5-2)6-8(9)10-3/h3,7H,4-6H2,1-2H3. The summed E-state index contributed by atoms with van der Waals surface area (Å²) in [5.41, 5.74) is 0. The van der Waals surface area contributed by atoms with Gasteiger partial charge in [-0.2, -0.15) is 0 Å². The van der Waals surface area contributed by atoms with Crippen LogP contribution < -0.4 is 0 Å². The lowest BCUT2D eigenvalue weighted by molar-refractivity contribution is -0.139. The van der Waals surface area contributed by atoms with Gasteiger partial charge in [-0.15, -0.1) is 0 Å². The van der Waals surface area contributed by atoms with Gasteiger partial charge in [0.15, 0.2) is 7.11 Å². The Hall–Kier alpha value is -0.530. The van der Waals surface area contributed by atoms with Crippen molar-refractivity contribution >= 4 is 5.97 Å². The van der Waals surface area contributed by atoms with Crippen LogP contribution in [0.1, 0.15) is 33.1 Å². The molecule has 0 bridgehead atoms. The first-order chi connectivity index (χ1) is 4.74. The Morgan fingerprint density at radius 2 is 2.00 bits per heavy atom. The molecule has 0 unspecified atom stereocenters. The maximum atomic E-state index is 10.6. The highest BCUT2D eigenvalue weighted by Gasteiger charge is 2.09. The third-order valence-electron chi connectivity index (χ3n) is 1.74. The SMILES string of the molecule is [CH]OC(=O)CC(CC)CC. The molecule has 0 aliphatic rings. The van der Waals surface area contributed by atoms with Crippen molar-refractivity contribution in [2.24, 2.45) is 5.92 Å². The monoisotopic (exact) mass is 142 g/mol. The number of hydrogen-bond donors (Lipinski definition) is 0. The maximum absolute atomic E-state index is 10.6. The summed E-state index contributed by atoms with van der Waals surface area (Å²) < 4.78 is 4.05. The number of hydrogen-bond acceptors (Lipinski definition) is 2. The van der Waals surface area contributed by atoms with Gasteiger partial charge in [-0.05, 0) is 5.92 Å². The first-order valence-corrected chi connectivity index (χ1v) is 3.64. The van der Waals surface area contributed by atoms with E-state index in [1.165, 1.54) is 0 Å². The van der Waals surface area contributed by atoms with E-state index in [1.807, 2.05) is 0 Å². The van der Waals surface area contributed by atoms with E-state index in [0.717, 1.165) is 12.8 Å². The molecule has 2 heteroatoms. The Kier molecular flexibility index (Phi) is 4.99. The van der Waals surface area contributed by atoms with Crippen molar-refractivity contribution in [2.75, 3.05) is 0 Å². The van der Waals surface area contributed by atoms with E-state index in [4.69, 9.17) is 0 Å². The minimum absolute atomic E-state index is 0.311. The average molecular weight is 142 g/mol. The third-order valence-corrected chi connectivity index (χ3v) is 1.74. The lowest BCUT2D eigenvalue weighted by Gasteiger charge is -2.08. The molecule has 0 fully saturated rings. The Labute approximate surface area is 62.6 Å². The van der Waals surface area contributed by atoms with E-state index in [-0.39, 0.29) is 5.97 Å². The molecule has 0 aromatic heterocycles. The summed E-state index contributed by atoms with van der Waals surface area (Å²) >= 11 is 0. The number of esters is 1. The van der Waals surface area contributed by atoms with Gasteiger partial charge in [-0.1, -0.05) is 26.7 Å². The van der Waals surface area contributed by atoms with Crippen molar-refractivity contribution in [1.82, 2.24) is 0 Å². The van der Waals surface area contributed by atoms with Crippen molar-refractivity contribution in [3.63, 3.8) is 0 Å². The molecule has 0 heterocycles. The van der Waals surface area contributed by atoms with E-state index in [9.17, 15) is 4.79 Å². The molecule has 0 aliphatic heterocycles. The van der Waals surface area contributed by atoms with Crippen molar-refractivity contribution in [3.05, 3.63) is 7.11 Å². The first-order valence-electron chi connectivity index (χ1n) is 3.64. The van der Waals surface area contributed by atoms with E-state index in [2.05, 4.69) is 25.7 Å². The van der Waals surface area contributed by atoms with Crippen LogP contribution in [-0.2, 0) is 9.53 Å². The van der Waals surface area contributed by atoms with Crippen LogP contribution in [0.3, 0.4) is 0 Å². The van der Waals surface area contributed by atoms with Crippen LogP contribution in [0.2, 0.25) is 0 Å². The minimum Gasteiger partial charge on any atom is -0.454 e. The molecular formula is C8H14O2. The highest BCUT2D eigenvalue weighted by atomic mass is 16.5. The molecule has 0 rings (SSSR count). The molecule has 0 amide bonds. The van der Waals surface area contributed by atoms with Gasteiger partial charge in [0.05, 0.1) is 0 Å². The van der Waals surface area contributed by atoms with Crippen molar-refractivity contribution in [1.29, 1.82) is 0 Å². The first kappa shape index (κ1) is 9.47. The normalized spacial score (nSPS) is 10.0. The minimum atomic E-state index is -0.311. The number of carbonyl (C=O) groups excluding carboxylic acids is 1. The van der Waals surface area contributed by atoms with Gasteiger partial charge in [0.25, 0.3) is 0 Å². The average Bonchev–Trinajstić information content (AvgIpc) is 1.99. The van der Waals surface area contributed by atoms with Crippen LogP contribution in [0, 0.1) is 13.0 Å². The van der Waals surface area contributed by atoms with Crippen molar-refractivity contribution in [3.8, 4) is 0 Å². The fourth-order valence-electron chi connectivity index (χ4n) is 0.861. The third kappa shape index (κ3) is 3.49. The van der Waals surface area contributed by atoms with Gasteiger partial charge in [0.1, 0.15) is 0 Å². The zero-order valence-corrected chi connectivity index (χ0v) is 6.59. The highest BCUT2D eigenvalue weighted by Crippen LogP contribution is 2.12. The van der Waals surface area contributed by atoms with Gasteiger partial charge >= 0.3 is 5.97 Å². The van der Waals surface area contributed by atoms with Crippen LogP contribution in [0.5, 0.6) is 0 Å². The summed E-state index contributed by atoms with van der Waals surface area (Å²) in [5.74, 6) is 0.116. The molecule has 0 atom stereocenters. The molecule has 0 saturated heterocycles. The van der Waals surface area contributed by atoms with E-state index >= 15 is 0 Å². The molecule has 2 nitrogen and oxygen atoms in total. The lowest BCUT2D eigenvalue weighted by Crippen LogP contribution is -2.07. The summed E-state index contributed by atoms with van der Waals surface area (Å²) in [4.78, 5) is 10.6. The largest absolute Gasteiger partial charge is 0.454 e. The smallest absolute Gasteiger partial charge is 0.306 e. The van der Waals surface area contributed by atoms with Crippen LogP contribution in [-0.4, -0.2) is 5.97 Å². The number of rotatable bonds is 4. The molecule has 58 valence electrons. The second kappa shape index (κ2) is 5.27. The van der Waals surface area contributed by atoms with Gasteiger partial charge in [-0.3, -0.25) is 4.79 Å². The van der Waals surface area contributed by atoms with E-state index in [0.29, 0.717) is 12.3 Å². The fraction of sp³-hybridized carbons (Fsp3) is 0.750. The molecule has 2 radical (unpaired) electrons. The molecular weight excluding hydrogens is 128 g/mol. The van der Waals surface area contributed by atoms with Gasteiger partial charge in [0, 0.05) is 6.42 Å². The predicted molar refractivity (Wildman–Crippen MR) is 39.1 cm³/mol. The molecule has 0 saturated carbocycles. The van der Waals surface area contributed by atoms with E-state index < -0.39 is 0 Å². The molecule has 0 N–H and O–H groups in total.